The number of hydrogen-bond acceptors (Lipinski definition) is 2. The molecule has 4 nitrogen and oxygen atoms in total. The van der Waals surface area contributed by atoms with E-state index in [0.717, 1.165) is 6.20 Å². The van der Waals surface area contributed by atoms with Gasteiger partial charge in [-0.25, -0.2) is 4.39 Å². The van der Waals surface area contributed by atoms with Gasteiger partial charge in [0.15, 0.2) is 0 Å². The molecular weight excluding hydrogens is 328 g/mol. The Kier molecular flexibility index (Phi) is 4.06. The summed E-state index contributed by atoms with van der Waals surface area (Å²) in [6, 6.07) is 6.08. The van der Waals surface area contributed by atoms with Gasteiger partial charge in [-0.1, -0.05) is 18.2 Å². The highest BCUT2D eigenvalue weighted by Crippen LogP contribution is 2.28. The molecule has 2 aromatic rings. The minimum atomic E-state index is -4.99. The van der Waals surface area contributed by atoms with Crippen LogP contribution in [-0.2, 0) is 11.3 Å². The summed E-state index contributed by atoms with van der Waals surface area (Å²) in [5, 5.41) is 0.136. The van der Waals surface area contributed by atoms with E-state index < -0.39 is 23.7 Å². The predicted molar refractivity (Wildman–Crippen MR) is 78.4 cm³/mol. The second-order valence-corrected chi connectivity index (χ2v) is 5.74. The number of hydrogen-bond donors (Lipinski definition) is 0. The molecule has 3 rings (SSSR count). The van der Waals surface area contributed by atoms with Crippen molar-refractivity contribution in [2.75, 3.05) is 13.1 Å². The summed E-state index contributed by atoms with van der Waals surface area (Å²) in [5.74, 6) is -2.34. The zero-order valence-corrected chi connectivity index (χ0v) is 12.5. The molecule has 128 valence electrons. The van der Waals surface area contributed by atoms with Crippen LogP contribution >= 0.6 is 0 Å². The van der Waals surface area contributed by atoms with Crippen LogP contribution in [0.2, 0.25) is 0 Å². The smallest absolute Gasteiger partial charge is 0.338 e. The molecule has 1 atom stereocenters. The minimum absolute atomic E-state index is 0.00757. The van der Waals surface area contributed by atoms with Crippen LogP contribution in [0.5, 0.6) is 0 Å². The Morgan fingerprint density at radius 2 is 1.92 bits per heavy atom. The number of rotatable bonds is 3. The number of halogens is 4. The Bertz CT molecular complexity index is 797. The van der Waals surface area contributed by atoms with Crippen LogP contribution in [0.3, 0.4) is 0 Å². The van der Waals surface area contributed by atoms with E-state index in [-0.39, 0.29) is 37.3 Å². The molecule has 0 spiro atoms. The molecule has 8 heteroatoms. The SMILES string of the molecule is O=C(Cn1cc(C(=O)C(F)(F)F)c2ccccc21)N1CCC(F)C1. The normalized spacial score (nSPS) is 18.3. The second kappa shape index (κ2) is 5.92. The van der Waals surface area contributed by atoms with Crippen molar-refractivity contribution in [1.82, 2.24) is 9.47 Å². The van der Waals surface area contributed by atoms with Gasteiger partial charge in [0.2, 0.25) is 5.91 Å². The molecule has 2 heterocycles. The van der Waals surface area contributed by atoms with Crippen LogP contribution < -0.4 is 0 Å². The Morgan fingerprint density at radius 3 is 2.54 bits per heavy atom. The van der Waals surface area contributed by atoms with Gasteiger partial charge in [-0.2, -0.15) is 13.2 Å². The molecule has 1 saturated heterocycles. The molecule has 1 aromatic heterocycles. The van der Waals surface area contributed by atoms with E-state index in [1.165, 1.54) is 27.7 Å². The summed E-state index contributed by atoms with van der Waals surface area (Å²) in [5.41, 5.74) is -0.134. The molecule has 0 radical (unpaired) electrons. The maximum atomic E-state index is 13.2. The van der Waals surface area contributed by atoms with Gasteiger partial charge < -0.3 is 9.47 Å². The van der Waals surface area contributed by atoms with Crippen molar-refractivity contribution < 1.29 is 27.2 Å². The van der Waals surface area contributed by atoms with E-state index in [1.807, 2.05) is 0 Å². The first-order chi connectivity index (χ1) is 11.3. The van der Waals surface area contributed by atoms with Crippen molar-refractivity contribution in [2.45, 2.75) is 25.3 Å². The number of para-hydroxylation sites is 1. The number of Topliss-reactive ketones (excluding diaryl/α,β-unsaturated/α-hetero) is 1. The molecule has 1 aliphatic heterocycles. The highest BCUT2D eigenvalue weighted by molar-refractivity contribution is 6.10. The lowest BCUT2D eigenvalue weighted by Gasteiger charge is -2.16. The summed E-state index contributed by atoms with van der Waals surface area (Å²) in [4.78, 5) is 25.1. The summed E-state index contributed by atoms with van der Waals surface area (Å²) in [6.07, 6.45) is -4.76. The number of ketones is 1. The van der Waals surface area contributed by atoms with E-state index in [9.17, 15) is 27.2 Å². The van der Waals surface area contributed by atoms with E-state index in [2.05, 4.69) is 0 Å². The first-order valence-electron chi connectivity index (χ1n) is 7.38. The maximum absolute atomic E-state index is 13.2. The number of nitrogens with zero attached hydrogens (tertiary/aromatic N) is 2. The third kappa shape index (κ3) is 3.00. The van der Waals surface area contributed by atoms with Gasteiger partial charge in [-0.15, -0.1) is 0 Å². The van der Waals surface area contributed by atoms with E-state index >= 15 is 0 Å². The van der Waals surface area contributed by atoms with Crippen molar-refractivity contribution in [2.24, 2.45) is 0 Å². The lowest BCUT2D eigenvalue weighted by atomic mass is 10.1. The van der Waals surface area contributed by atoms with Crippen molar-refractivity contribution >= 4 is 22.6 Å². The molecule has 0 N–H and O–H groups in total. The highest BCUT2D eigenvalue weighted by atomic mass is 19.4. The van der Waals surface area contributed by atoms with Gasteiger partial charge in [0.1, 0.15) is 12.7 Å². The average molecular weight is 342 g/mol. The predicted octanol–water partition coefficient (Wildman–Crippen LogP) is 2.96. The number of likely N-dealkylation sites (tertiary alicyclic amines) is 1. The fraction of sp³-hybridized carbons (Fsp3) is 0.375. The quantitative estimate of drug-likeness (QED) is 0.636. The Labute approximate surface area is 134 Å². The minimum Gasteiger partial charge on any atom is -0.338 e. The number of carbonyl (C=O) groups is 2. The second-order valence-electron chi connectivity index (χ2n) is 5.74. The van der Waals surface area contributed by atoms with Crippen LogP contribution in [0.15, 0.2) is 30.5 Å². The zero-order chi connectivity index (χ0) is 17.5. The average Bonchev–Trinajstić information content (AvgIpc) is 3.10. The molecule has 1 aliphatic rings. The standard InChI is InChI=1S/C16H14F4N2O2/c17-10-5-6-21(7-10)14(23)9-22-8-12(15(24)16(18,19)20)11-3-1-2-4-13(11)22/h1-4,8,10H,5-7,9H2. The number of carbonyl (C=O) groups excluding carboxylic acids is 2. The van der Waals surface area contributed by atoms with Crippen LogP contribution in [-0.4, -0.2) is 46.6 Å². The molecule has 1 aromatic carbocycles. The summed E-state index contributed by atoms with van der Waals surface area (Å²) < 4.78 is 52.7. The largest absolute Gasteiger partial charge is 0.454 e. The molecule has 1 amide bonds. The van der Waals surface area contributed by atoms with Crippen LogP contribution in [0.25, 0.3) is 10.9 Å². The number of amides is 1. The topological polar surface area (TPSA) is 42.3 Å². The molecule has 0 saturated carbocycles. The number of alkyl halides is 4. The van der Waals surface area contributed by atoms with Crippen LogP contribution in [0, 0.1) is 0 Å². The maximum Gasteiger partial charge on any atom is 0.454 e. The monoisotopic (exact) mass is 342 g/mol. The van der Waals surface area contributed by atoms with Gasteiger partial charge >= 0.3 is 6.18 Å². The lowest BCUT2D eigenvalue weighted by molar-refractivity contribution is -0.130. The Hall–Kier alpha value is -2.38. The molecule has 0 bridgehead atoms. The molecule has 24 heavy (non-hydrogen) atoms. The Balaban J connectivity index is 1.94. The third-order valence-corrected chi connectivity index (χ3v) is 4.08. The molecular formula is C16H14F4N2O2. The van der Waals surface area contributed by atoms with E-state index in [4.69, 9.17) is 0 Å². The summed E-state index contributed by atoms with van der Waals surface area (Å²) in [7, 11) is 0. The zero-order valence-electron chi connectivity index (χ0n) is 12.5. The van der Waals surface area contributed by atoms with Crippen molar-refractivity contribution in [1.29, 1.82) is 0 Å². The van der Waals surface area contributed by atoms with Gasteiger partial charge in [0.05, 0.1) is 12.1 Å². The van der Waals surface area contributed by atoms with Gasteiger partial charge in [0.25, 0.3) is 5.78 Å². The molecule has 1 unspecified atom stereocenters. The first kappa shape index (κ1) is 16.5. The summed E-state index contributed by atoms with van der Waals surface area (Å²) >= 11 is 0. The fourth-order valence-corrected chi connectivity index (χ4v) is 2.90. The molecule has 1 fully saturated rings. The Morgan fingerprint density at radius 1 is 1.21 bits per heavy atom. The third-order valence-electron chi connectivity index (χ3n) is 4.08. The highest BCUT2D eigenvalue weighted by Gasteiger charge is 2.41. The van der Waals surface area contributed by atoms with Crippen LogP contribution in [0.1, 0.15) is 16.8 Å². The van der Waals surface area contributed by atoms with Crippen molar-refractivity contribution in [3.05, 3.63) is 36.0 Å². The fourth-order valence-electron chi connectivity index (χ4n) is 2.90. The van der Waals surface area contributed by atoms with Crippen molar-refractivity contribution in [3.63, 3.8) is 0 Å². The summed E-state index contributed by atoms with van der Waals surface area (Å²) in [6.45, 7) is 0.0400. The number of fused-ring (bicyclic) bond motifs is 1. The molecule has 0 aliphatic carbocycles. The van der Waals surface area contributed by atoms with Gasteiger partial charge in [0, 0.05) is 23.6 Å². The lowest BCUT2D eigenvalue weighted by Crippen LogP contribution is -2.32. The number of benzene rings is 1. The van der Waals surface area contributed by atoms with Gasteiger partial charge in [-0.05, 0) is 12.5 Å². The van der Waals surface area contributed by atoms with E-state index in [0.29, 0.717) is 5.52 Å². The number of aromatic nitrogens is 1. The first-order valence-corrected chi connectivity index (χ1v) is 7.38. The van der Waals surface area contributed by atoms with E-state index in [1.54, 1.807) is 6.07 Å². The van der Waals surface area contributed by atoms with Crippen LogP contribution in [0.4, 0.5) is 17.6 Å². The van der Waals surface area contributed by atoms with Gasteiger partial charge in [-0.3, -0.25) is 9.59 Å². The van der Waals surface area contributed by atoms with Crippen molar-refractivity contribution in [3.8, 4) is 0 Å².